The van der Waals surface area contributed by atoms with Crippen LogP contribution in [0.15, 0.2) is 54.6 Å². The molecule has 0 unspecified atom stereocenters. The maximum Gasteiger partial charge on any atom is 0.269 e. The van der Waals surface area contributed by atoms with E-state index in [1.165, 1.54) is 18.2 Å². The van der Waals surface area contributed by atoms with Gasteiger partial charge >= 0.3 is 0 Å². The highest BCUT2D eigenvalue weighted by Gasteiger charge is 2.03. The molecule has 0 spiro atoms. The molecule has 2 aromatic carbocycles. The molecule has 1 N–H and O–H groups in total. The normalized spacial score (nSPS) is 10.6. The Morgan fingerprint density at radius 2 is 1.92 bits per heavy atom. The van der Waals surface area contributed by atoms with Gasteiger partial charge in [-0.2, -0.15) is 0 Å². The number of ether oxygens (including phenoxy) is 1. The van der Waals surface area contributed by atoms with E-state index in [4.69, 9.17) is 4.74 Å². The minimum Gasteiger partial charge on any atom is -0.496 e. The third-order valence-electron chi connectivity index (χ3n) is 3.65. The lowest BCUT2D eigenvalue weighted by Gasteiger charge is -2.08. The van der Waals surface area contributed by atoms with Gasteiger partial charge in [-0.05, 0) is 48.2 Å². The predicted octanol–water partition coefficient (Wildman–Crippen LogP) is 3.37. The summed E-state index contributed by atoms with van der Waals surface area (Å²) in [5.74, 6) is 0.658. The number of hydrogen-bond acceptors (Lipinski definition) is 4. The number of rotatable bonds is 8. The van der Waals surface area contributed by atoms with Crippen molar-refractivity contribution < 1.29 is 14.5 Å². The summed E-state index contributed by atoms with van der Waals surface area (Å²) in [6.07, 6.45) is 4.66. The minimum absolute atomic E-state index is 0.0259. The Balaban J connectivity index is 1.76. The molecule has 0 aromatic heterocycles. The fraction of sp³-hybridized carbons (Fsp3) is 0.211. The van der Waals surface area contributed by atoms with Crippen molar-refractivity contribution in [1.82, 2.24) is 5.32 Å². The van der Waals surface area contributed by atoms with Crippen LogP contribution in [0.4, 0.5) is 5.69 Å². The number of non-ortho nitro benzene ring substituents is 1. The lowest BCUT2D eigenvalue weighted by atomic mass is 10.1. The van der Waals surface area contributed by atoms with Crippen LogP contribution in [0.1, 0.15) is 17.5 Å². The van der Waals surface area contributed by atoms with Gasteiger partial charge in [0, 0.05) is 24.8 Å². The van der Waals surface area contributed by atoms with Gasteiger partial charge in [-0.1, -0.05) is 18.2 Å². The maximum atomic E-state index is 11.8. The van der Waals surface area contributed by atoms with Gasteiger partial charge in [0.1, 0.15) is 5.75 Å². The molecular formula is C19H20N2O4. The van der Waals surface area contributed by atoms with Gasteiger partial charge in [0.25, 0.3) is 5.69 Å². The Morgan fingerprint density at radius 1 is 1.20 bits per heavy atom. The van der Waals surface area contributed by atoms with Crippen LogP contribution in [0.3, 0.4) is 0 Å². The molecule has 0 bridgehead atoms. The van der Waals surface area contributed by atoms with Crippen LogP contribution in [0.25, 0.3) is 6.08 Å². The van der Waals surface area contributed by atoms with Gasteiger partial charge < -0.3 is 10.1 Å². The number of para-hydroxylation sites is 1. The van der Waals surface area contributed by atoms with Crippen molar-refractivity contribution in [3.05, 3.63) is 75.8 Å². The molecule has 2 rings (SSSR count). The molecule has 0 aliphatic rings. The largest absolute Gasteiger partial charge is 0.496 e. The standard InChI is InChI=1S/C19H20N2O4/c1-25-18-7-3-2-5-16(18)6-4-14-20-19(22)13-10-15-8-11-17(12-9-15)21(23)24/h2-3,5,7-13H,4,6,14H2,1H3,(H,20,22)/b13-10+. The molecule has 6 nitrogen and oxygen atoms in total. The first kappa shape index (κ1) is 18.2. The fourth-order valence-corrected chi connectivity index (χ4v) is 2.34. The first-order chi connectivity index (χ1) is 12.1. The van der Waals surface area contributed by atoms with Crippen LogP contribution < -0.4 is 10.1 Å². The summed E-state index contributed by atoms with van der Waals surface area (Å²) in [6.45, 7) is 0.557. The van der Waals surface area contributed by atoms with Crippen LogP contribution in [-0.2, 0) is 11.2 Å². The van der Waals surface area contributed by atoms with Gasteiger partial charge in [0.2, 0.25) is 5.91 Å². The molecule has 6 heteroatoms. The lowest BCUT2D eigenvalue weighted by Crippen LogP contribution is -2.22. The van der Waals surface area contributed by atoms with Gasteiger partial charge in [0.15, 0.2) is 0 Å². The van der Waals surface area contributed by atoms with Crippen molar-refractivity contribution in [2.24, 2.45) is 0 Å². The number of carbonyl (C=O) groups is 1. The first-order valence-electron chi connectivity index (χ1n) is 7.92. The second-order valence-electron chi connectivity index (χ2n) is 5.39. The van der Waals surface area contributed by atoms with E-state index < -0.39 is 4.92 Å². The lowest BCUT2D eigenvalue weighted by molar-refractivity contribution is -0.384. The Morgan fingerprint density at radius 3 is 2.60 bits per heavy atom. The van der Waals surface area contributed by atoms with Gasteiger partial charge in [-0.25, -0.2) is 0 Å². The number of amides is 1. The average molecular weight is 340 g/mol. The number of benzene rings is 2. The zero-order valence-corrected chi connectivity index (χ0v) is 14.0. The number of nitrogens with zero attached hydrogens (tertiary/aromatic N) is 1. The summed E-state index contributed by atoms with van der Waals surface area (Å²) in [5, 5.41) is 13.4. The molecule has 1 amide bonds. The van der Waals surface area contributed by atoms with Crippen molar-refractivity contribution in [3.8, 4) is 5.75 Å². The topological polar surface area (TPSA) is 81.5 Å². The summed E-state index contributed by atoms with van der Waals surface area (Å²) in [7, 11) is 1.64. The molecule has 130 valence electrons. The van der Waals surface area contributed by atoms with Crippen molar-refractivity contribution in [2.45, 2.75) is 12.8 Å². The monoisotopic (exact) mass is 340 g/mol. The smallest absolute Gasteiger partial charge is 0.269 e. The molecule has 0 fully saturated rings. The van der Waals surface area contributed by atoms with Gasteiger partial charge in [0.05, 0.1) is 12.0 Å². The van der Waals surface area contributed by atoms with Crippen molar-refractivity contribution in [3.63, 3.8) is 0 Å². The Hall–Kier alpha value is -3.15. The minimum atomic E-state index is -0.456. The van der Waals surface area contributed by atoms with Crippen LogP contribution in [0.2, 0.25) is 0 Å². The zero-order chi connectivity index (χ0) is 18.1. The molecule has 25 heavy (non-hydrogen) atoms. The highest BCUT2D eigenvalue weighted by Crippen LogP contribution is 2.18. The first-order valence-corrected chi connectivity index (χ1v) is 7.92. The molecule has 0 atom stereocenters. The Kier molecular flexibility index (Phi) is 6.71. The van der Waals surface area contributed by atoms with Crippen LogP contribution in [-0.4, -0.2) is 24.5 Å². The van der Waals surface area contributed by atoms with E-state index in [0.717, 1.165) is 29.7 Å². The van der Waals surface area contributed by atoms with Crippen molar-refractivity contribution in [1.29, 1.82) is 0 Å². The fourth-order valence-electron chi connectivity index (χ4n) is 2.34. The van der Waals surface area contributed by atoms with Crippen LogP contribution in [0, 0.1) is 10.1 Å². The summed E-state index contributed by atoms with van der Waals surface area (Å²) in [4.78, 5) is 21.9. The van der Waals surface area contributed by atoms with E-state index in [1.54, 1.807) is 25.3 Å². The third-order valence-corrected chi connectivity index (χ3v) is 3.65. The zero-order valence-electron chi connectivity index (χ0n) is 14.0. The SMILES string of the molecule is COc1ccccc1CCCNC(=O)/C=C/c1ccc([N+](=O)[O-])cc1. The second kappa shape index (κ2) is 9.22. The van der Waals surface area contributed by atoms with E-state index in [-0.39, 0.29) is 11.6 Å². The summed E-state index contributed by atoms with van der Waals surface area (Å²) < 4.78 is 5.29. The Bertz CT molecular complexity index is 754. The second-order valence-corrected chi connectivity index (χ2v) is 5.39. The molecule has 0 saturated heterocycles. The van der Waals surface area contributed by atoms with Crippen molar-refractivity contribution in [2.75, 3.05) is 13.7 Å². The molecule has 0 aliphatic carbocycles. The number of nitrogens with one attached hydrogen (secondary N) is 1. The molecule has 2 aromatic rings. The van der Waals surface area contributed by atoms with E-state index >= 15 is 0 Å². The van der Waals surface area contributed by atoms with Crippen LogP contribution in [0.5, 0.6) is 5.75 Å². The maximum absolute atomic E-state index is 11.8. The molecular weight excluding hydrogens is 320 g/mol. The van der Waals surface area contributed by atoms with E-state index in [0.29, 0.717) is 6.54 Å². The summed E-state index contributed by atoms with van der Waals surface area (Å²) >= 11 is 0. The highest BCUT2D eigenvalue weighted by atomic mass is 16.6. The average Bonchev–Trinajstić information content (AvgIpc) is 2.64. The van der Waals surface area contributed by atoms with E-state index in [1.807, 2.05) is 24.3 Å². The van der Waals surface area contributed by atoms with E-state index in [2.05, 4.69) is 5.32 Å². The summed E-state index contributed by atoms with van der Waals surface area (Å²) in [6, 6.07) is 13.8. The van der Waals surface area contributed by atoms with Gasteiger partial charge in [-0.3, -0.25) is 14.9 Å². The molecule has 0 heterocycles. The number of carbonyl (C=O) groups excluding carboxylic acids is 1. The quantitative estimate of drug-likeness (QED) is 0.346. The van der Waals surface area contributed by atoms with Crippen molar-refractivity contribution >= 4 is 17.7 Å². The molecule has 0 radical (unpaired) electrons. The number of nitro benzene ring substituents is 1. The number of aryl methyl sites for hydroxylation is 1. The predicted molar refractivity (Wildman–Crippen MR) is 96.5 cm³/mol. The third kappa shape index (κ3) is 5.76. The molecule has 0 aliphatic heterocycles. The Labute approximate surface area is 146 Å². The number of hydrogen-bond donors (Lipinski definition) is 1. The van der Waals surface area contributed by atoms with Crippen LogP contribution >= 0.6 is 0 Å². The highest BCUT2D eigenvalue weighted by molar-refractivity contribution is 5.91. The summed E-state index contributed by atoms with van der Waals surface area (Å²) in [5.41, 5.74) is 1.87. The van der Waals surface area contributed by atoms with Gasteiger partial charge in [-0.15, -0.1) is 0 Å². The van der Waals surface area contributed by atoms with E-state index in [9.17, 15) is 14.9 Å². The molecule has 0 saturated carbocycles. The number of methoxy groups -OCH3 is 1. The number of nitro groups is 1.